The molecule has 0 spiro atoms. The molecule has 116 valence electrons. The van der Waals surface area contributed by atoms with Crippen LogP contribution in [-0.2, 0) is 9.47 Å². The van der Waals surface area contributed by atoms with Gasteiger partial charge in [0.15, 0.2) is 0 Å². The zero-order chi connectivity index (χ0) is 14.5. The summed E-state index contributed by atoms with van der Waals surface area (Å²) in [5, 5.41) is 7.97. The van der Waals surface area contributed by atoms with Crippen molar-refractivity contribution in [2.75, 3.05) is 0 Å². The molecule has 0 amide bonds. The molecule has 0 saturated heterocycles. The van der Waals surface area contributed by atoms with Crippen molar-refractivity contribution in [2.45, 2.75) is 75.4 Å². The zero-order valence-corrected chi connectivity index (χ0v) is 12.6. The van der Waals surface area contributed by atoms with Gasteiger partial charge in [0.1, 0.15) is 11.2 Å². The first kappa shape index (κ1) is 13.4. The number of rotatable bonds is 2. The van der Waals surface area contributed by atoms with E-state index >= 15 is 0 Å². The Morgan fingerprint density at radius 3 is 1.81 bits per heavy atom. The SMILES string of the molecule is N=C(/N=C(\N)OC12CCC(CC1)C2)OC12CCC(CC1)C2. The van der Waals surface area contributed by atoms with E-state index in [0.29, 0.717) is 0 Å². The van der Waals surface area contributed by atoms with Crippen molar-refractivity contribution in [1.82, 2.24) is 0 Å². The summed E-state index contributed by atoms with van der Waals surface area (Å²) in [5.74, 6) is 1.60. The molecular weight excluding hydrogens is 266 g/mol. The third kappa shape index (κ3) is 2.40. The Balaban J connectivity index is 1.36. The number of amidine groups is 2. The molecule has 0 aliphatic heterocycles. The molecule has 0 atom stereocenters. The van der Waals surface area contributed by atoms with Crippen molar-refractivity contribution in [3.63, 3.8) is 0 Å². The maximum atomic E-state index is 7.97. The number of fused-ring (bicyclic) bond motifs is 4. The molecule has 0 radical (unpaired) electrons. The van der Waals surface area contributed by atoms with Crippen molar-refractivity contribution in [3.8, 4) is 0 Å². The Hall–Kier alpha value is -1.26. The smallest absolute Gasteiger partial charge is 0.313 e. The highest BCUT2D eigenvalue weighted by Gasteiger charge is 2.48. The lowest BCUT2D eigenvalue weighted by Crippen LogP contribution is -2.35. The lowest BCUT2D eigenvalue weighted by Gasteiger charge is -2.28. The second-order valence-electron chi connectivity index (χ2n) is 7.62. The van der Waals surface area contributed by atoms with Crippen LogP contribution in [0.5, 0.6) is 0 Å². The molecule has 21 heavy (non-hydrogen) atoms. The number of nitrogens with two attached hydrogens (primary N) is 1. The van der Waals surface area contributed by atoms with E-state index in [2.05, 4.69) is 4.99 Å². The molecule has 4 bridgehead atoms. The topological polar surface area (TPSA) is 80.7 Å². The number of ether oxygens (including phenoxy) is 2. The predicted octanol–water partition coefficient (Wildman–Crippen LogP) is 2.93. The van der Waals surface area contributed by atoms with E-state index in [4.69, 9.17) is 20.6 Å². The monoisotopic (exact) mass is 291 g/mol. The van der Waals surface area contributed by atoms with Gasteiger partial charge in [-0.1, -0.05) is 0 Å². The summed E-state index contributed by atoms with van der Waals surface area (Å²) in [6.07, 6.45) is 11.4. The van der Waals surface area contributed by atoms with Crippen LogP contribution in [0.25, 0.3) is 0 Å². The van der Waals surface area contributed by atoms with Crippen LogP contribution in [0.3, 0.4) is 0 Å². The summed E-state index contributed by atoms with van der Waals surface area (Å²) in [5.41, 5.74) is 5.69. The van der Waals surface area contributed by atoms with Crippen LogP contribution in [0, 0.1) is 17.2 Å². The molecule has 4 rings (SSSR count). The Morgan fingerprint density at radius 2 is 1.38 bits per heavy atom. The fourth-order valence-corrected chi connectivity index (χ4v) is 5.14. The molecular formula is C16H25N3O2. The Labute approximate surface area is 125 Å². The summed E-state index contributed by atoms with van der Waals surface area (Å²) in [6, 6.07) is 0.0467. The normalized spacial score (nSPS) is 44.3. The molecule has 5 nitrogen and oxygen atoms in total. The van der Waals surface area contributed by atoms with Crippen molar-refractivity contribution < 1.29 is 9.47 Å². The van der Waals surface area contributed by atoms with Gasteiger partial charge in [-0.15, -0.1) is 4.99 Å². The van der Waals surface area contributed by atoms with Gasteiger partial charge < -0.3 is 15.2 Å². The standard InChI is InChI=1S/C16H25N3O2/c17-13(20-15-5-1-11(9-15)2-6-15)19-14(18)21-16-7-3-12(10-16)4-8-16/h11-12H,1-10H2,(H3,17,18,19). The van der Waals surface area contributed by atoms with Crippen LogP contribution in [0.1, 0.15) is 64.2 Å². The van der Waals surface area contributed by atoms with Gasteiger partial charge in [0.05, 0.1) is 0 Å². The van der Waals surface area contributed by atoms with Crippen LogP contribution < -0.4 is 5.73 Å². The molecule has 4 aliphatic rings. The van der Waals surface area contributed by atoms with Crippen LogP contribution >= 0.6 is 0 Å². The van der Waals surface area contributed by atoms with E-state index in [0.717, 1.165) is 50.4 Å². The van der Waals surface area contributed by atoms with Crippen molar-refractivity contribution in [1.29, 1.82) is 5.41 Å². The van der Waals surface area contributed by atoms with Gasteiger partial charge in [-0.3, -0.25) is 0 Å². The lowest BCUT2D eigenvalue weighted by molar-refractivity contribution is 0.0570. The molecule has 4 saturated carbocycles. The number of hydrogen-bond donors (Lipinski definition) is 2. The van der Waals surface area contributed by atoms with Gasteiger partial charge in [-0.05, 0) is 76.0 Å². The molecule has 5 heteroatoms. The Kier molecular flexibility index (Phi) is 2.95. The molecule has 4 fully saturated rings. The molecule has 0 heterocycles. The Bertz CT molecular complexity index is 472. The minimum absolute atomic E-state index is 0.0704. The van der Waals surface area contributed by atoms with E-state index < -0.39 is 0 Å². The fourth-order valence-electron chi connectivity index (χ4n) is 5.14. The summed E-state index contributed by atoms with van der Waals surface area (Å²) < 4.78 is 11.7. The van der Waals surface area contributed by atoms with Crippen LogP contribution in [0.15, 0.2) is 4.99 Å². The van der Waals surface area contributed by atoms with Crippen molar-refractivity contribution >= 4 is 12.0 Å². The van der Waals surface area contributed by atoms with Gasteiger partial charge in [-0.25, -0.2) is 5.41 Å². The average Bonchev–Trinajstić information content (AvgIpc) is 3.16. The van der Waals surface area contributed by atoms with Gasteiger partial charge in [0.25, 0.3) is 6.02 Å². The maximum Gasteiger partial charge on any atom is 0.313 e. The molecule has 3 N–H and O–H groups in total. The fraction of sp³-hybridized carbons (Fsp3) is 0.875. The van der Waals surface area contributed by atoms with Gasteiger partial charge in [-0.2, -0.15) is 0 Å². The minimum Gasteiger partial charge on any atom is -0.458 e. The number of nitrogens with zero attached hydrogens (tertiary/aromatic N) is 1. The summed E-state index contributed by atoms with van der Waals surface area (Å²) in [4.78, 5) is 4.06. The van der Waals surface area contributed by atoms with E-state index in [9.17, 15) is 0 Å². The molecule has 4 aliphatic carbocycles. The second-order valence-corrected chi connectivity index (χ2v) is 7.62. The number of nitrogens with one attached hydrogen (secondary N) is 1. The van der Waals surface area contributed by atoms with E-state index in [-0.39, 0.29) is 23.2 Å². The second kappa shape index (κ2) is 4.62. The van der Waals surface area contributed by atoms with E-state index in [1.165, 1.54) is 25.7 Å². The third-order valence-corrected chi connectivity index (χ3v) is 6.20. The van der Waals surface area contributed by atoms with Crippen molar-refractivity contribution in [3.05, 3.63) is 0 Å². The first-order chi connectivity index (χ1) is 10.1. The minimum atomic E-state index is -0.129. The summed E-state index contributed by atoms with van der Waals surface area (Å²) in [6.45, 7) is 0. The highest BCUT2D eigenvalue weighted by atomic mass is 16.5. The zero-order valence-electron chi connectivity index (χ0n) is 12.6. The third-order valence-electron chi connectivity index (χ3n) is 6.20. The predicted molar refractivity (Wildman–Crippen MR) is 80.1 cm³/mol. The van der Waals surface area contributed by atoms with Crippen LogP contribution in [0.2, 0.25) is 0 Å². The summed E-state index contributed by atoms with van der Waals surface area (Å²) >= 11 is 0. The molecule has 0 aromatic heterocycles. The van der Waals surface area contributed by atoms with E-state index in [1.54, 1.807) is 0 Å². The first-order valence-corrected chi connectivity index (χ1v) is 8.37. The van der Waals surface area contributed by atoms with Gasteiger partial charge in [0.2, 0.25) is 0 Å². The molecule has 0 unspecified atom stereocenters. The van der Waals surface area contributed by atoms with E-state index in [1.807, 2.05) is 0 Å². The highest BCUT2D eigenvalue weighted by Crippen LogP contribution is 2.51. The molecule has 0 aromatic rings. The first-order valence-electron chi connectivity index (χ1n) is 8.37. The highest BCUT2D eigenvalue weighted by molar-refractivity contribution is 5.87. The number of hydrogen-bond acceptors (Lipinski definition) is 3. The average molecular weight is 291 g/mol. The summed E-state index contributed by atoms with van der Waals surface area (Å²) in [7, 11) is 0. The quantitative estimate of drug-likeness (QED) is 0.606. The van der Waals surface area contributed by atoms with Crippen LogP contribution in [0.4, 0.5) is 0 Å². The largest absolute Gasteiger partial charge is 0.458 e. The van der Waals surface area contributed by atoms with Gasteiger partial charge in [0, 0.05) is 0 Å². The van der Waals surface area contributed by atoms with Crippen molar-refractivity contribution in [2.24, 2.45) is 22.6 Å². The maximum absolute atomic E-state index is 7.97. The van der Waals surface area contributed by atoms with Gasteiger partial charge >= 0.3 is 6.02 Å². The van der Waals surface area contributed by atoms with Crippen LogP contribution in [-0.4, -0.2) is 23.2 Å². The number of aliphatic imine (C=N–C) groups is 1. The Morgan fingerprint density at radius 1 is 0.905 bits per heavy atom. The lowest BCUT2D eigenvalue weighted by atomic mass is 9.97. The molecule has 0 aromatic carbocycles.